The van der Waals surface area contributed by atoms with E-state index < -0.39 is 36.6 Å². The smallest absolute Gasteiger partial charge is 0.326 e. The highest BCUT2D eigenvalue weighted by molar-refractivity contribution is 6.08. The molecule has 1 N–H and O–H groups in total. The van der Waals surface area contributed by atoms with E-state index in [1.807, 2.05) is 30.3 Å². The van der Waals surface area contributed by atoms with Crippen LogP contribution in [0.2, 0.25) is 0 Å². The molecule has 7 nitrogen and oxygen atoms in total. The molecule has 7 heteroatoms. The van der Waals surface area contributed by atoms with E-state index in [1.165, 1.54) is 0 Å². The van der Waals surface area contributed by atoms with Gasteiger partial charge in [-0.1, -0.05) is 60.7 Å². The number of rotatable bonds is 8. The summed E-state index contributed by atoms with van der Waals surface area (Å²) in [6.07, 6.45) is 1.01. The fraction of sp³-hybridized carbons (Fsp3) is 0.273. The summed E-state index contributed by atoms with van der Waals surface area (Å²) in [5.41, 5.74) is 0.379. The van der Waals surface area contributed by atoms with Crippen LogP contribution in [0.3, 0.4) is 0 Å². The zero-order valence-corrected chi connectivity index (χ0v) is 16.1. The first kappa shape index (κ1) is 20.3. The molecule has 0 spiro atoms. The number of nitrogens with zero attached hydrogens (tertiary/aromatic N) is 1. The quantitative estimate of drug-likeness (QED) is 0.422. The SMILES string of the molecule is C[C@]1(CCc2ccccc2)NC(=O)N(CC(=O)OCC(=O)c2ccccc2)C1=O. The Labute approximate surface area is 168 Å². The van der Waals surface area contributed by atoms with Gasteiger partial charge in [0.25, 0.3) is 5.91 Å². The van der Waals surface area contributed by atoms with Gasteiger partial charge >= 0.3 is 12.0 Å². The van der Waals surface area contributed by atoms with Crippen molar-refractivity contribution < 1.29 is 23.9 Å². The summed E-state index contributed by atoms with van der Waals surface area (Å²) in [5, 5.41) is 2.66. The Balaban J connectivity index is 1.53. The van der Waals surface area contributed by atoms with Crippen molar-refractivity contribution in [1.29, 1.82) is 0 Å². The average molecular weight is 394 g/mol. The number of hydrogen-bond donors (Lipinski definition) is 1. The molecule has 2 aromatic rings. The van der Waals surface area contributed by atoms with E-state index in [2.05, 4.69) is 5.32 Å². The van der Waals surface area contributed by atoms with Crippen LogP contribution in [0.5, 0.6) is 0 Å². The van der Waals surface area contributed by atoms with E-state index in [4.69, 9.17) is 4.74 Å². The van der Waals surface area contributed by atoms with Gasteiger partial charge in [0.2, 0.25) is 0 Å². The van der Waals surface area contributed by atoms with Crippen molar-refractivity contribution in [2.75, 3.05) is 13.2 Å². The number of Topliss-reactive ketones (excluding diaryl/α,β-unsaturated/α-hetero) is 1. The highest BCUT2D eigenvalue weighted by Crippen LogP contribution is 2.23. The third kappa shape index (κ3) is 4.87. The lowest BCUT2D eigenvalue weighted by atomic mass is 9.93. The Hall–Kier alpha value is -3.48. The van der Waals surface area contributed by atoms with Crippen molar-refractivity contribution in [3.63, 3.8) is 0 Å². The third-order valence-corrected chi connectivity index (χ3v) is 4.85. The summed E-state index contributed by atoms with van der Waals surface area (Å²) in [4.78, 5) is 49.9. The molecule has 2 aromatic carbocycles. The number of hydrogen-bond acceptors (Lipinski definition) is 5. The van der Waals surface area contributed by atoms with Gasteiger partial charge in [0.15, 0.2) is 12.4 Å². The normalized spacial score (nSPS) is 18.4. The second-order valence-corrected chi connectivity index (χ2v) is 7.09. The summed E-state index contributed by atoms with van der Waals surface area (Å²) < 4.78 is 4.95. The Morgan fingerprint density at radius 1 is 1.00 bits per heavy atom. The number of amides is 3. The van der Waals surface area contributed by atoms with Gasteiger partial charge in [0.05, 0.1) is 0 Å². The van der Waals surface area contributed by atoms with Gasteiger partial charge in [0.1, 0.15) is 12.1 Å². The Bertz CT molecular complexity index is 913. The maximum Gasteiger partial charge on any atom is 0.326 e. The number of aryl methyl sites for hydroxylation is 1. The molecular weight excluding hydrogens is 372 g/mol. The third-order valence-electron chi connectivity index (χ3n) is 4.85. The summed E-state index contributed by atoms with van der Waals surface area (Å²) in [7, 11) is 0. The maximum atomic E-state index is 12.7. The summed E-state index contributed by atoms with van der Waals surface area (Å²) in [6.45, 7) is 0.659. The molecule has 1 aliphatic heterocycles. The molecule has 0 radical (unpaired) electrons. The fourth-order valence-electron chi connectivity index (χ4n) is 3.13. The van der Waals surface area contributed by atoms with Crippen LogP contribution in [-0.2, 0) is 20.7 Å². The molecule has 0 saturated carbocycles. The number of urea groups is 1. The molecule has 0 aromatic heterocycles. The molecule has 0 unspecified atom stereocenters. The second kappa shape index (κ2) is 8.68. The second-order valence-electron chi connectivity index (χ2n) is 7.09. The summed E-state index contributed by atoms with van der Waals surface area (Å²) >= 11 is 0. The number of ketones is 1. The molecule has 1 saturated heterocycles. The largest absolute Gasteiger partial charge is 0.456 e. The van der Waals surface area contributed by atoms with E-state index >= 15 is 0 Å². The number of carbonyl (C=O) groups is 4. The van der Waals surface area contributed by atoms with Crippen molar-refractivity contribution in [2.45, 2.75) is 25.3 Å². The lowest BCUT2D eigenvalue weighted by molar-refractivity contribution is -0.146. The van der Waals surface area contributed by atoms with Crippen molar-refractivity contribution in [1.82, 2.24) is 10.2 Å². The minimum Gasteiger partial charge on any atom is -0.456 e. The molecule has 1 heterocycles. The van der Waals surface area contributed by atoms with E-state index in [0.717, 1.165) is 10.5 Å². The van der Waals surface area contributed by atoms with E-state index in [-0.39, 0.29) is 5.78 Å². The van der Waals surface area contributed by atoms with Gasteiger partial charge < -0.3 is 10.1 Å². The molecule has 0 bridgehead atoms. The standard InChI is InChI=1S/C22H22N2O5/c1-22(13-12-16-8-4-2-5-9-16)20(27)24(21(28)23-22)14-19(26)29-15-18(25)17-10-6-3-7-11-17/h2-11H,12-15H2,1H3,(H,23,28)/t22-/m1/s1. The van der Waals surface area contributed by atoms with E-state index in [9.17, 15) is 19.2 Å². The first-order valence-electron chi connectivity index (χ1n) is 9.31. The molecular formula is C22H22N2O5. The maximum absolute atomic E-state index is 12.7. The highest BCUT2D eigenvalue weighted by Gasteiger charge is 2.48. The average Bonchev–Trinajstić information content (AvgIpc) is 2.95. The molecule has 3 rings (SSSR count). The van der Waals surface area contributed by atoms with Crippen LogP contribution in [-0.4, -0.2) is 47.3 Å². The van der Waals surface area contributed by atoms with Gasteiger partial charge in [-0.2, -0.15) is 0 Å². The van der Waals surface area contributed by atoms with Gasteiger partial charge in [-0.15, -0.1) is 0 Å². The lowest BCUT2D eigenvalue weighted by Crippen LogP contribution is -2.44. The molecule has 1 fully saturated rings. The van der Waals surface area contributed by atoms with E-state index in [0.29, 0.717) is 18.4 Å². The van der Waals surface area contributed by atoms with Crippen molar-refractivity contribution in [3.8, 4) is 0 Å². The van der Waals surface area contributed by atoms with Gasteiger partial charge in [-0.3, -0.25) is 19.3 Å². The van der Waals surface area contributed by atoms with Crippen LogP contribution in [0.1, 0.15) is 29.3 Å². The van der Waals surface area contributed by atoms with Gasteiger partial charge in [-0.25, -0.2) is 4.79 Å². The molecule has 29 heavy (non-hydrogen) atoms. The van der Waals surface area contributed by atoms with Crippen molar-refractivity contribution in [3.05, 3.63) is 71.8 Å². The number of carbonyl (C=O) groups excluding carboxylic acids is 4. The monoisotopic (exact) mass is 394 g/mol. The predicted octanol–water partition coefficient (Wildman–Crippen LogP) is 2.36. The number of benzene rings is 2. The fourth-order valence-corrected chi connectivity index (χ4v) is 3.13. The topological polar surface area (TPSA) is 92.8 Å². The molecule has 0 aliphatic carbocycles. The number of esters is 1. The van der Waals surface area contributed by atoms with Crippen LogP contribution >= 0.6 is 0 Å². The van der Waals surface area contributed by atoms with Crippen LogP contribution in [0.15, 0.2) is 60.7 Å². The molecule has 1 atom stereocenters. The molecule has 150 valence electrons. The predicted molar refractivity (Wildman–Crippen MR) is 105 cm³/mol. The minimum absolute atomic E-state index is 0.358. The zero-order valence-electron chi connectivity index (χ0n) is 16.1. The zero-order chi connectivity index (χ0) is 20.9. The highest BCUT2D eigenvalue weighted by atomic mass is 16.5. The lowest BCUT2D eigenvalue weighted by Gasteiger charge is -2.21. The van der Waals surface area contributed by atoms with Crippen molar-refractivity contribution in [2.24, 2.45) is 0 Å². The summed E-state index contributed by atoms with van der Waals surface area (Å²) in [6, 6.07) is 17.4. The van der Waals surface area contributed by atoms with Crippen LogP contribution in [0.25, 0.3) is 0 Å². The number of nitrogens with one attached hydrogen (secondary N) is 1. The Morgan fingerprint density at radius 2 is 1.62 bits per heavy atom. The number of imide groups is 1. The Morgan fingerprint density at radius 3 is 2.28 bits per heavy atom. The Kier molecular flexibility index (Phi) is 6.07. The van der Waals surface area contributed by atoms with Crippen LogP contribution in [0, 0.1) is 0 Å². The van der Waals surface area contributed by atoms with Crippen molar-refractivity contribution >= 4 is 23.7 Å². The minimum atomic E-state index is -1.09. The van der Waals surface area contributed by atoms with E-state index in [1.54, 1.807) is 37.3 Å². The van der Waals surface area contributed by atoms with Gasteiger partial charge in [-0.05, 0) is 25.3 Å². The molecule has 1 aliphatic rings. The first-order chi connectivity index (χ1) is 13.9. The molecule has 3 amide bonds. The summed E-state index contributed by atoms with van der Waals surface area (Å²) in [5.74, 6) is -1.65. The van der Waals surface area contributed by atoms with Crippen LogP contribution in [0.4, 0.5) is 4.79 Å². The first-order valence-corrected chi connectivity index (χ1v) is 9.31. The van der Waals surface area contributed by atoms with Crippen LogP contribution < -0.4 is 5.32 Å². The van der Waals surface area contributed by atoms with Gasteiger partial charge in [0, 0.05) is 5.56 Å². The number of ether oxygens (including phenoxy) is 1.